The summed E-state index contributed by atoms with van der Waals surface area (Å²) in [6.07, 6.45) is 12.2. The van der Waals surface area contributed by atoms with Gasteiger partial charge >= 0.3 is 18.9 Å². The van der Waals surface area contributed by atoms with E-state index in [0.29, 0.717) is 0 Å². The molecule has 0 fully saturated rings. The Morgan fingerprint density at radius 3 is 2.29 bits per heavy atom. The number of ether oxygens (including phenoxy) is 1. The number of hydrogen-bond acceptors (Lipinski definition) is 1. The van der Waals surface area contributed by atoms with E-state index < -0.39 is 0 Å². The molecule has 1 atom stereocenters. The Kier molecular flexibility index (Phi) is 14.3. The van der Waals surface area contributed by atoms with Crippen LogP contribution in [-0.4, -0.2) is 6.61 Å². The first kappa shape index (κ1) is 20.6. The molecule has 0 spiro atoms. The Morgan fingerprint density at radius 1 is 0.952 bits per heavy atom. The molecule has 0 amide bonds. The first-order chi connectivity index (χ1) is 9.83. The Morgan fingerprint density at radius 2 is 1.57 bits per heavy atom. The van der Waals surface area contributed by atoms with Crippen LogP contribution >= 0.6 is 0 Å². The quantitative estimate of drug-likeness (QED) is 0.325. The standard InChI is InChI=1S/C19H31O.Li/c1-3-4-5-6-7-9-13-18(2)14-12-17-20-19-15-10-8-11-16-19;/h10-11,15-16,18H,3-7,9,12-14,17H2,1-2H3;/q-1;+1. The van der Waals surface area contributed by atoms with Gasteiger partial charge in [0.25, 0.3) is 0 Å². The summed E-state index contributed by atoms with van der Waals surface area (Å²) in [5.41, 5.74) is 0. The molecule has 0 heterocycles. The summed E-state index contributed by atoms with van der Waals surface area (Å²) in [4.78, 5) is 0. The first-order valence-electron chi connectivity index (χ1n) is 8.42. The van der Waals surface area contributed by atoms with E-state index in [1.165, 1.54) is 51.4 Å². The summed E-state index contributed by atoms with van der Waals surface area (Å²) >= 11 is 0. The molecule has 0 saturated heterocycles. The number of hydrogen-bond donors (Lipinski definition) is 0. The fraction of sp³-hybridized carbons (Fsp3) is 0.684. The van der Waals surface area contributed by atoms with Crippen LogP contribution in [0.3, 0.4) is 0 Å². The van der Waals surface area contributed by atoms with Gasteiger partial charge in [-0.25, -0.2) is 0 Å². The van der Waals surface area contributed by atoms with Crippen LogP contribution in [0.4, 0.5) is 0 Å². The number of unbranched alkanes of at least 4 members (excludes halogenated alkanes) is 5. The van der Waals surface area contributed by atoms with Crippen LogP contribution in [0.25, 0.3) is 0 Å². The predicted molar refractivity (Wildman–Crippen MR) is 87.2 cm³/mol. The first-order valence-corrected chi connectivity index (χ1v) is 8.42. The minimum absolute atomic E-state index is 0. The van der Waals surface area contributed by atoms with E-state index in [4.69, 9.17) is 4.74 Å². The van der Waals surface area contributed by atoms with Gasteiger partial charge in [0.15, 0.2) is 0 Å². The van der Waals surface area contributed by atoms with Crippen molar-refractivity contribution in [2.75, 3.05) is 6.61 Å². The van der Waals surface area contributed by atoms with Crippen molar-refractivity contribution in [3.05, 3.63) is 30.3 Å². The topological polar surface area (TPSA) is 9.23 Å². The van der Waals surface area contributed by atoms with Crippen molar-refractivity contribution in [1.29, 1.82) is 0 Å². The summed E-state index contributed by atoms with van der Waals surface area (Å²) in [5, 5.41) is 0. The Bertz CT molecular complexity index is 313. The molecule has 0 radical (unpaired) electrons. The summed E-state index contributed by atoms with van der Waals surface area (Å²) in [6.45, 7) is 5.49. The second kappa shape index (κ2) is 14.6. The third-order valence-corrected chi connectivity index (χ3v) is 3.85. The van der Waals surface area contributed by atoms with Gasteiger partial charge in [0, 0.05) is 5.75 Å². The Labute approximate surface area is 144 Å². The molecule has 1 nitrogen and oxygen atoms in total. The van der Waals surface area contributed by atoms with Crippen LogP contribution < -0.4 is 23.6 Å². The molecule has 2 heteroatoms. The molecule has 1 unspecified atom stereocenters. The van der Waals surface area contributed by atoms with Crippen molar-refractivity contribution in [1.82, 2.24) is 0 Å². The second-order valence-corrected chi connectivity index (χ2v) is 5.89. The third-order valence-electron chi connectivity index (χ3n) is 3.85. The van der Waals surface area contributed by atoms with Crippen LogP contribution in [0.15, 0.2) is 24.3 Å². The van der Waals surface area contributed by atoms with Gasteiger partial charge < -0.3 is 4.74 Å². The van der Waals surface area contributed by atoms with E-state index in [1.807, 2.05) is 24.3 Å². The van der Waals surface area contributed by atoms with E-state index >= 15 is 0 Å². The third kappa shape index (κ3) is 11.9. The van der Waals surface area contributed by atoms with Crippen molar-refractivity contribution in [3.63, 3.8) is 0 Å². The molecular formula is C19H31LiO. The Balaban J connectivity index is 0.00000400. The van der Waals surface area contributed by atoms with Crippen molar-refractivity contribution in [2.24, 2.45) is 5.92 Å². The molecule has 1 rings (SSSR count). The fourth-order valence-electron chi connectivity index (χ4n) is 2.51. The molecule has 0 aliphatic heterocycles. The van der Waals surface area contributed by atoms with Gasteiger partial charge in [0.05, 0.1) is 6.61 Å². The maximum absolute atomic E-state index is 5.71. The SMILES string of the molecule is CCCCCCCCC(C)CCCOc1cc[c-]cc1.[Li+]. The van der Waals surface area contributed by atoms with Gasteiger partial charge in [-0.05, 0) is 18.8 Å². The monoisotopic (exact) mass is 282 g/mol. The van der Waals surface area contributed by atoms with Crippen LogP contribution in [-0.2, 0) is 0 Å². The average molecular weight is 282 g/mol. The van der Waals surface area contributed by atoms with Gasteiger partial charge in [-0.15, -0.1) is 12.1 Å². The predicted octanol–water partition coefficient (Wildman–Crippen LogP) is 3.04. The smallest absolute Gasteiger partial charge is 0.519 e. The molecule has 0 bridgehead atoms. The second-order valence-electron chi connectivity index (χ2n) is 5.89. The average Bonchev–Trinajstić information content (AvgIpc) is 2.48. The molecule has 0 saturated carbocycles. The van der Waals surface area contributed by atoms with E-state index in [2.05, 4.69) is 19.9 Å². The van der Waals surface area contributed by atoms with Crippen molar-refractivity contribution in [3.8, 4) is 5.75 Å². The van der Waals surface area contributed by atoms with E-state index in [1.54, 1.807) is 0 Å². The number of rotatable bonds is 12. The minimum Gasteiger partial charge on any atom is -0.519 e. The molecule has 1 aromatic rings. The fourth-order valence-corrected chi connectivity index (χ4v) is 2.51. The zero-order chi connectivity index (χ0) is 14.5. The van der Waals surface area contributed by atoms with Gasteiger partial charge in [-0.2, -0.15) is 18.2 Å². The van der Waals surface area contributed by atoms with Crippen molar-refractivity contribution in [2.45, 2.75) is 71.6 Å². The van der Waals surface area contributed by atoms with E-state index in [9.17, 15) is 0 Å². The van der Waals surface area contributed by atoms with Crippen LogP contribution in [0, 0.1) is 12.0 Å². The summed E-state index contributed by atoms with van der Waals surface area (Å²) in [6, 6.07) is 10.7. The maximum Gasteiger partial charge on any atom is 1.00 e. The van der Waals surface area contributed by atoms with Crippen LogP contribution in [0.5, 0.6) is 5.75 Å². The van der Waals surface area contributed by atoms with Gasteiger partial charge in [-0.3, -0.25) is 0 Å². The molecule has 0 N–H and O–H groups in total. The van der Waals surface area contributed by atoms with Crippen molar-refractivity contribution >= 4 is 0 Å². The van der Waals surface area contributed by atoms with Crippen molar-refractivity contribution < 1.29 is 23.6 Å². The minimum atomic E-state index is 0. The molecule has 1 aromatic carbocycles. The molecule has 114 valence electrons. The summed E-state index contributed by atoms with van der Waals surface area (Å²) in [5.74, 6) is 1.81. The van der Waals surface area contributed by atoms with E-state index in [0.717, 1.165) is 24.7 Å². The van der Waals surface area contributed by atoms with Crippen LogP contribution in [0.2, 0.25) is 0 Å². The van der Waals surface area contributed by atoms with Gasteiger partial charge in [-0.1, -0.05) is 58.8 Å². The van der Waals surface area contributed by atoms with Crippen LogP contribution in [0.1, 0.15) is 71.6 Å². The zero-order valence-corrected chi connectivity index (χ0v) is 14.4. The van der Waals surface area contributed by atoms with Gasteiger partial charge in [0.2, 0.25) is 0 Å². The molecule has 0 aliphatic rings. The largest absolute Gasteiger partial charge is 1.00 e. The molecular weight excluding hydrogens is 251 g/mol. The molecule has 0 aliphatic carbocycles. The molecule has 21 heavy (non-hydrogen) atoms. The normalized spacial score (nSPS) is 11.7. The maximum atomic E-state index is 5.71. The summed E-state index contributed by atoms with van der Waals surface area (Å²) in [7, 11) is 0. The van der Waals surface area contributed by atoms with E-state index in [-0.39, 0.29) is 18.9 Å². The molecule has 0 aromatic heterocycles. The zero-order valence-electron chi connectivity index (χ0n) is 14.4. The van der Waals surface area contributed by atoms with Gasteiger partial charge in [0.1, 0.15) is 0 Å². The summed E-state index contributed by atoms with van der Waals surface area (Å²) < 4.78 is 5.71. The number of benzene rings is 1. The Hall–Kier alpha value is -0.383.